The highest BCUT2D eigenvalue weighted by atomic mass is 16.6. The topological polar surface area (TPSA) is 72.2 Å². The van der Waals surface area contributed by atoms with Crippen LogP contribution in [0.1, 0.15) is 18.1 Å². The van der Waals surface area contributed by atoms with Crippen molar-refractivity contribution in [3.05, 3.63) is 69.8 Å². The van der Waals surface area contributed by atoms with Crippen LogP contribution < -0.4 is 5.32 Å². The number of nitrogens with zero attached hydrogens (tertiary/aromatic N) is 1. The van der Waals surface area contributed by atoms with Crippen LogP contribution in [-0.4, -0.2) is 10.8 Å². The smallest absolute Gasteiger partial charge is 0.276 e. The number of hydrogen-bond donors (Lipinski definition) is 1. The Labute approximate surface area is 122 Å². The minimum Gasteiger partial charge on any atom is -0.326 e. The van der Waals surface area contributed by atoms with E-state index in [1.165, 1.54) is 13.0 Å². The van der Waals surface area contributed by atoms with E-state index < -0.39 is 4.92 Å². The lowest BCUT2D eigenvalue weighted by Crippen LogP contribution is -2.06. The SMILES string of the molecule is CC(=O)Nc1ccccc1C=Cc1ccccc1[N+](=O)[O-]. The van der Waals surface area contributed by atoms with Gasteiger partial charge in [0.05, 0.1) is 10.5 Å². The van der Waals surface area contributed by atoms with Gasteiger partial charge in [-0.3, -0.25) is 14.9 Å². The molecule has 0 radical (unpaired) electrons. The van der Waals surface area contributed by atoms with E-state index in [0.29, 0.717) is 11.3 Å². The second-order valence-corrected chi connectivity index (χ2v) is 4.42. The average Bonchev–Trinajstić information content (AvgIpc) is 2.46. The van der Waals surface area contributed by atoms with Crippen LogP contribution in [-0.2, 0) is 4.79 Å². The molecular weight excluding hydrogens is 268 g/mol. The molecule has 0 atom stereocenters. The first-order valence-electron chi connectivity index (χ1n) is 6.36. The molecular formula is C16H14N2O3. The summed E-state index contributed by atoms with van der Waals surface area (Å²) in [6.45, 7) is 1.43. The first kappa shape index (κ1) is 14.5. The second-order valence-electron chi connectivity index (χ2n) is 4.42. The molecule has 0 aliphatic carbocycles. The molecule has 0 aromatic heterocycles. The molecule has 0 heterocycles. The molecule has 0 saturated heterocycles. The summed E-state index contributed by atoms with van der Waals surface area (Å²) < 4.78 is 0. The van der Waals surface area contributed by atoms with Gasteiger partial charge in [-0.25, -0.2) is 0 Å². The number of anilines is 1. The highest BCUT2D eigenvalue weighted by Crippen LogP contribution is 2.22. The molecule has 2 rings (SSSR count). The predicted molar refractivity (Wildman–Crippen MR) is 82.8 cm³/mol. The Bertz CT molecular complexity index is 708. The molecule has 2 aromatic rings. The maximum atomic E-state index is 11.2. The molecule has 21 heavy (non-hydrogen) atoms. The molecule has 0 spiro atoms. The number of amides is 1. The Morgan fingerprint density at radius 1 is 1.05 bits per heavy atom. The maximum absolute atomic E-state index is 11.2. The van der Waals surface area contributed by atoms with E-state index in [1.807, 2.05) is 18.2 Å². The Balaban J connectivity index is 2.34. The molecule has 0 aliphatic rings. The summed E-state index contributed by atoms with van der Waals surface area (Å²) in [5.41, 5.74) is 2.01. The number of nitro groups is 1. The van der Waals surface area contributed by atoms with Gasteiger partial charge in [-0.05, 0) is 23.8 Å². The number of para-hydroxylation sites is 2. The molecule has 106 valence electrons. The zero-order valence-electron chi connectivity index (χ0n) is 11.4. The van der Waals surface area contributed by atoms with Crippen molar-refractivity contribution in [2.45, 2.75) is 6.92 Å². The first-order valence-corrected chi connectivity index (χ1v) is 6.36. The van der Waals surface area contributed by atoms with Gasteiger partial charge in [0.15, 0.2) is 0 Å². The van der Waals surface area contributed by atoms with Crippen LogP contribution >= 0.6 is 0 Å². The summed E-state index contributed by atoms with van der Waals surface area (Å²) in [5.74, 6) is -0.165. The number of carbonyl (C=O) groups is 1. The third-order valence-corrected chi connectivity index (χ3v) is 2.85. The lowest BCUT2D eigenvalue weighted by molar-refractivity contribution is -0.385. The van der Waals surface area contributed by atoms with Crippen LogP contribution in [0.15, 0.2) is 48.5 Å². The van der Waals surface area contributed by atoms with Gasteiger partial charge in [0.2, 0.25) is 5.91 Å². The summed E-state index contributed by atoms with van der Waals surface area (Å²) >= 11 is 0. The van der Waals surface area contributed by atoms with E-state index in [-0.39, 0.29) is 11.6 Å². The Morgan fingerprint density at radius 3 is 2.29 bits per heavy atom. The van der Waals surface area contributed by atoms with Crippen molar-refractivity contribution in [1.29, 1.82) is 0 Å². The first-order chi connectivity index (χ1) is 10.1. The average molecular weight is 282 g/mol. The second kappa shape index (κ2) is 6.47. The maximum Gasteiger partial charge on any atom is 0.276 e. The van der Waals surface area contributed by atoms with E-state index in [0.717, 1.165) is 5.56 Å². The summed E-state index contributed by atoms with van der Waals surface area (Å²) in [6, 6.07) is 13.8. The monoisotopic (exact) mass is 282 g/mol. The minimum absolute atomic E-state index is 0.0470. The van der Waals surface area contributed by atoms with Gasteiger partial charge in [0.25, 0.3) is 5.69 Å². The number of carbonyl (C=O) groups excluding carboxylic acids is 1. The molecule has 0 fully saturated rings. The van der Waals surface area contributed by atoms with Crippen LogP contribution in [0.5, 0.6) is 0 Å². The summed E-state index contributed by atoms with van der Waals surface area (Å²) in [7, 11) is 0. The van der Waals surface area contributed by atoms with Gasteiger partial charge in [0.1, 0.15) is 0 Å². The van der Waals surface area contributed by atoms with Gasteiger partial charge in [-0.1, -0.05) is 36.4 Å². The highest BCUT2D eigenvalue weighted by molar-refractivity contribution is 5.92. The third kappa shape index (κ3) is 3.76. The van der Waals surface area contributed by atoms with Crippen LogP contribution in [0.25, 0.3) is 12.2 Å². The number of nitrogens with one attached hydrogen (secondary N) is 1. The summed E-state index contributed by atoms with van der Waals surface area (Å²) in [6.07, 6.45) is 3.41. The van der Waals surface area contributed by atoms with E-state index in [2.05, 4.69) is 5.32 Å². The van der Waals surface area contributed by atoms with Gasteiger partial charge < -0.3 is 5.32 Å². The van der Waals surface area contributed by atoms with Crippen molar-refractivity contribution in [2.75, 3.05) is 5.32 Å². The van der Waals surface area contributed by atoms with Gasteiger partial charge in [-0.2, -0.15) is 0 Å². The van der Waals surface area contributed by atoms with Crippen LogP contribution in [0, 0.1) is 10.1 Å². The molecule has 1 N–H and O–H groups in total. The Morgan fingerprint density at radius 2 is 1.62 bits per heavy atom. The van der Waals surface area contributed by atoms with E-state index in [1.54, 1.807) is 36.4 Å². The molecule has 5 nitrogen and oxygen atoms in total. The molecule has 0 aliphatic heterocycles. The standard InChI is InChI=1S/C16H14N2O3/c1-12(19)17-15-8-4-2-6-13(15)10-11-14-7-3-5-9-16(14)18(20)21/h2-11H,1H3,(H,17,19). The lowest BCUT2D eigenvalue weighted by Gasteiger charge is -2.05. The molecule has 2 aromatic carbocycles. The predicted octanol–water partition coefficient (Wildman–Crippen LogP) is 3.72. The van der Waals surface area contributed by atoms with E-state index >= 15 is 0 Å². The van der Waals surface area contributed by atoms with Crippen LogP contribution in [0.2, 0.25) is 0 Å². The fourth-order valence-electron chi connectivity index (χ4n) is 1.92. The fraction of sp³-hybridized carbons (Fsp3) is 0.0625. The van der Waals surface area contributed by atoms with Crippen molar-refractivity contribution in [2.24, 2.45) is 0 Å². The van der Waals surface area contributed by atoms with Gasteiger partial charge in [-0.15, -0.1) is 0 Å². The fourth-order valence-corrected chi connectivity index (χ4v) is 1.92. The number of hydrogen-bond acceptors (Lipinski definition) is 3. The lowest BCUT2D eigenvalue weighted by atomic mass is 10.1. The zero-order chi connectivity index (χ0) is 15.2. The number of benzene rings is 2. The molecule has 0 saturated carbocycles. The van der Waals surface area contributed by atoms with Crippen molar-refractivity contribution < 1.29 is 9.72 Å². The van der Waals surface area contributed by atoms with Crippen LogP contribution in [0.3, 0.4) is 0 Å². The molecule has 0 unspecified atom stereocenters. The summed E-state index contributed by atoms with van der Waals surface area (Å²) in [5, 5.41) is 13.7. The normalized spacial score (nSPS) is 10.5. The van der Waals surface area contributed by atoms with Gasteiger partial charge in [0, 0.05) is 18.7 Å². The molecule has 1 amide bonds. The highest BCUT2D eigenvalue weighted by Gasteiger charge is 2.09. The third-order valence-electron chi connectivity index (χ3n) is 2.85. The Hall–Kier alpha value is -2.95. The van der Waals surface area contributed by atoms with Crippen LogP contribution in [0.4, 0.5) is 11.4 Å². The largest absolute Gasteiger partial charge is 0.326 e. The van der Waals surface area contributed by atoms with Crippen molar-refractivity contribution in [1.82, 2.24) is 0 Å². The molecule has 0 bridgehead atoms. The minimum atomic E-state index is -0.417. The quantitative estimate of drug-likeness (QED) is 0.527. The molecule has 5 heteroatoms. The van der Waals surface area contributed by atoms with E-state index in [9.17, 15) is 14.9 Å². The number of nitro benzene ring substituents is 1. The number of rotatable bonds is 4. The Kier molecular flexibility index (Phi) is 4.46. The summed E-state index contributed by atoms with van der Waals surface area (Å²) in [4.78, 5) is 21.7. The van der Waals surface area contributed by atoms with Crippen molar-refractivity contribution >= 4 is 29.4 Å². The van der Waals surface area contributed by atoms with Gasteiger partial charge >= 0.3 is 0 Å². The zero-order valence-corrected chi connectivity index (χ0v) is 11.4. The van der Waals surface area contributed by atoms with Crippen molar-refractivity contribution in [3.8, 4) is 0 Å². The van der Waals surface area contributed by atoms with E-state index in [4.69, 9.17) is 0 Å². The van der Waals surface area contributed by atoms with Crippen molar-refractivity contribution in [3.63, 3.8) is 0 Å².